The van der Waals surface area contributed by atoms with Crippen molar-refractivity contribution in [3.8, 4) is 0 Å². The van der Waals surface area contributed by atoms with Crippen molar-refractivity contribution in [1.82, 2.24) is 9.97 Å². The van der Waals surface area contributed by atoms with Gasteiger partial charge in [-0.1, -0.05) is 78.8 Å². The van der Waals surface area contributed by atoms with E-state index in [0.717, 1.165) is 35.4 Å². The van der Waals surface area contributed by atoms with Crippen LogP contribution < -0.4 is 5.32 Å². The molecule has 178 valence electrons. The second-order valence-electron chi connectivity index (χ2n) is 10.4. The molecule has 0 bridgehead atoms. The van der Waals surface area contributed by atoms with Gasteiger partial charge < -0.3 is 10.4 Å². The second kappa shape index (κ2) is 10.0. The number of thioether (sulfide) groups is 1. The van der Waals surface area contributed by atoms with Crippen LogP contribution in [-0.4, -0.2) is 21.0 Å². The van der Waals surface area contributed by atoms with E-state index < -0.39 is 5.97 Å². The van der Waals surface area contributed by atoms with Gasteiger partial charge in [-0.2, -0.15) is 0 Å². The smallest absolute Gasteiger partial charge is 0.339 e. The van der Waals surface area contributed by atoms with Crippen LogP contribution in [0, 0.1) is 11.3 Å². The Bertz CT molecular complexity index is 1080. The standard InChI is InChI=1S/C26H35N3O2S2/c1-8-9-26(7)10-11-32-20(14-26)17-13-18(23(30)31)22(27-15-17)29-24-28-21(25(4,5)6)19(33-24)12-16(2)3/h10-11,13-16H,8-9,12H2,1-7H3,(H,30,31)(H,27,28,29)/t26-/m0/s1. The summed E-state index contributed by atoms with van der Waals surface area (Å²) >= 11 is 3.19. The van der Waals surface area contributed by atoms with E-state index in [0.29, 0.717) is 16.9 Å². The minimum atomic E-state index is -1.00. The summed E-state index contributed by atoms with van der Waals surface area (Å²) in [7, 11) is 0. The average molecular weight is 486 g/mol. The number of pyridine rings is 1. The van der Waals surface area contributed by atoms with Crippen LogP contribution in [0.1, 0.15) is 87.8 Å². The number of allylic oxidation sites excluding steroid dienone is 2. The van der Waals surface area contributed by atoms with E-state index in [2.05, 4.69) is 76.3 Å². The third-order valence-electron chi connectivity index (χ3n) is 5.52. The molecule has 0 saturated carbocycles. The molecule has 0 unspecified atom stereocenters. The third-order valence-corrected chi connectivity index (χ3v) is 7.40. The van der Waals surface area contributed by atoms with E-state index in [1.165, 1.54) is 4.88 Å². The maximum Gasteiger partial charge on any atom is 0.339 e. The third kappa shape index (κ3) is 6.27. The van der Waals surface area contributed by atoms with Gasteiger partial charge in [0.1, 0.15) is 11.4 Å². The van der Waals surface area contributed by atoms with Gasteiger partial charge >= 0.3 is 5.97 Å². The first-order valence-corrected chi connectivity index (χ1v) is 13.2. The normalized spacial score (nSPS) is 18.5. The molecule has 1 aliphatic heterocycles. The highest BCUT2D eigenvalue weighted by Crippen LogP contribution is 2.42. The van der Waals surface area contributed by atoms with Crippen molar-refractivity contribution in [3.05, 3.63) is 51.5 Å². The summed E-state index contributed by atoms with van der Waals surface area (Å²) in [6.45, 7) is 15.2. The number of aromatic nitrogens is 2. The molecule has 2 aromatic rings. The summed E-state index contributed by atoms with van der Waals surface area (Å²) in [6, 6.07) is 1.72. The highest BCUT2D eigenvalue weighted by molar-refractivity contribution is 8.11. The van der Waals surface area contributed by atoms with Crippen molar-refractivity contribution in [3.63, 3.8) is 0 Å². The number of carbonyl (C=O) groups is 1. The Hall–Kier alpha value is -2.12. The molecule has 3 rings (SSSR count). The first-order chi connectivity index (χ1) is 15.4. The molecule has 0 radical (unpaired) electrons. The van der Waals surface area contributed by atoms with Crippen molar-refractivity contribution in [1.29, 1.82) is 0 Å². The van der Waals surface area contributed by atoms with Crippen LogP contribution in [-0.2, 0) is 11.8 Å². The minimum absolute atomic E-state index is 0.0211. The molecule has 7 heteroatoms. The molecule has 3 heterocycles. The van der Waals surface area contributed by atoms with Crippen LogP contribution in [0.25, 0.3) is 4.91 Å². The molecule has 0 aliphatic carbocycles. The van der Waals surface area contributed by atoms with Gasteiger partial charge in [0, 0.05) is 32.4 Å². The molecule has 0 amide bonds. The highest BCUT2D eigenvalue weighted by Gasteiger charge is 2.26. The Kier molecular flexibility index (Phi) is 7.74. The fourth-order valence-electron chi connectivity index (χ4n) is 3.95. The Morgan fingerprint density at radius 2 is 2.03 bits per heavy atom. The van der Waals surface area contributed by atoms with E-state index in [9.17, 15) is 9.90 Å². The lowest BCUT2D eigenvalue weighted by Gasteiger charge is -2.26. The van der Waals surface area contributed by atoms with Gasteiger partial charge in [0.2, 0.25) is 0 Å². The average Bonchev–Trinajstić information content (AvgIpc) is 3.10. The SMILES string of the molecule is CCC[C@@]1(C)C=CSC(c2cnc(Nc3nc(C(C)(C)C)c(CC(C)C)s3)c(C(=O)O)c2)=C1. The first-order valence-electron chi connectivity index (χ1n) is 11.5. The monoisotopic (exact) mass is 485 g/mol. The number of anilines is 2. The van der Waals surface area contributed by atoms with Gasteiger partial charge in [-0.25, -0.2) is 14.8 Å². The zero-order chi connectivity index (χ0) is 24.4. The molecule has 2 aromatic heterocycles. The van der Waals surface area contributed by atoms with Gasteiger partial charge in [0.05, 0.1) is 5.69 Å². The number of hydrogen-bond acceptors (Lipinski definition) is 6. The van der Waals surface area contributed by atoms with E-state index in [-0.39, 0.29) is 16.4 Å². The fraction of sp³-hybridized carbons (Fsp3) is 0.500. The van der Waals surface area contributed by atoms with Crippen LogP contribution in [0.5, 0.6) is 0 Å². The van der Waals surface area contributed by atoms with Gasteiger partial charge in [-0.3, -0.25) is 0 Å². The number of rotatable bonds is 8. The largest absolute Gasteiger partial charge is 0.478 e. The predicted molar refractivity (Wildman–Crippen MR) is 142 cm³/mol. The molecule has 33 heavy (non-hydrogen) atoms. The Morgan fingerprint density at radius 3 is 2.64 bits per heavy atom. The lowest BCUT2D eigenvalue weighted by molar-refractivity contribution is 0.0697. The topological polar surface area (TPSA) is 75.1 Å². The van der Waals surface area contributed by atoms with Gasteiger partial charge in [0.15, 0.2) is 5.13 Å². The highest BCUT2D eigenvalue weighted by atomic mass is 32.2. The lowest BCUT2D eigenvalue weighted by Crippen LogP contribution is -2.15. The molecule has 2 N–H and O–H groups in total. The molecule has 1 aliphatic rings. The zero-order valence-corrected chi connectivity index (χ0v) is 22.3. The summed E-state index contributed by atoms with van der Waals surface area (Å²) in [5.74, 6) is -0.167. The molecular weight excluding hydrogens is 450 g/mol. The molecule has 1 atom stereocenters. The van der Waals surface area contributed by atoms with Crippen molar-refractivity contribution in [2.75, 3.05) is 5.32 Å². The van der Waals surface area contributed by atoms with Crippen molar-refractivity contribution >= 4 is 44.9 Å². The number of nitrogens with zero attached hydrogens (tertiary/aromatic N) is 2. The van der Waals surface area contributed by atoms with Crippen LogP contribution in [0.4, 0.5) is 10.9 Å². The number of aromatic carboxylic acids is 1. The molecule has 0 saturated heterocycles. The van der Waals surface area contributed by atoms with Crippen molar-refractivity contribution in [2.24, 2.45) is 11.3 Å². The van der Waals surface area contributed by atoms with Gasteiger partial charge in [-0.15, -0.1) is 11.3 Å². The van der Waals surface area contributed by atoms with Crippen LogP contribution >= 0.6 is 23.1 Å². The quantitative estimate of drug-likeness (QED) is 0.396. The summed E-state index contributed by atoms with van der Waals surface area (Å²) in [5.41, 5.74) is 1.93. The van der Waals surface area contributed by atoms with Crippen LogP contribution in [0.2, 0.25) is 0 Å². The van der Waals surface area contributed by atoms with Crippen molar-refractivity contribution < 1.29 is 9.90 Å². The van der Waals surface area contributed by atoms with Crippen molar-refractivity contribution in [2.45, 2.75) is 73.1 Å². The summed E-state index contributed by atoms with van der Waals surface area (Å²) < 4.78 is 0. The predicted octanol–water partition coefficient (Wildman–Crippen LogP) is 7.88. The van der Waals surface area contributed by atoms with E-state index in [4.69, 9.17) is 4.98 Å². The molecular formula is C26H35N3O2S2. The zero-order valence-electron chi connectivity index (χ0n) is 20.7. The Balaban J connectivity index is 1.95. The van der Waals surface area contributed by atoms with Gasteiger partial charge in [-0.05, 0) is 30.2 Å². The maximum atomic E-state index is 12.1. The maximum absolute atomic E-state index is 12.1. The summed E-state index contributed by atoms with van der Waals surface area (Å²) in [4.78, 5) is 23.7. The minimum Gasteiger partial charge on any atom is -0.478 e. The van der Waals surface area contributed by atoms with Crippen LogP contribution in [0.3, 0.4) is 0 Å². The Labute approximate surface area is 205 Å². The van der Waals surface area contributed by atoms with E-state index >= 15 is 0 Å². The molecule has 0 fully saturated rings. The number of carboxylic acid groups (broad SMARTS) is 1. The first kappa shape index (κ1) is 25.5. The number of nitrogens with one attached hydrogen (secondary N) is 1. The number of carboxylic acids is 1. The van der Waals surface area contributed by atoms with Crippen LogP contribution in [0.15, 0.2) is 29.8 Å². The second-order valence-corrected chi connectivity index (χ2v) is 12.4. The van der Waals surface area contributed by atoms with Gasteiger partial charge in [0.25, 0.3) is 0 Å². The summed E-state index contributed by atoms with van der Waals surface area (Å²) in [5, 5.41) is 15.9. The lowest BCUT2D eigenvalue weighted by atomic mass is 9.84. The number of hydrogen-bond donors (Lipinski definition) is 2. The Morgan fingerprint density at radius 1 is 1.30 bits per heavy atom. The molecule has 5 nitrogen and oxygen atoms in total. The van der Waals surface area contributed by atoms with E-state index in [1.54, 1.807) is 35.4 Å². The van der Waals surface area contributed by atoms with E-state index in [1.807, 2.05) is 0 Å². The number of thiazole rings is 1. The molecule has 0 spiro atoms. The summed E-state index contributed by atoms with van der Waals surface area (Å²) in [6.07, 6.45) is 9.28. The molecule has 0 aromatic carbocycles. The fourth-order valence-corrected chi connectivity index (χ4v) is 6.45.